The van der Waals surface area contributed by atoms with Crippen LogP contribution in [-0.4, -0.2) is 11.0 Å². The zero-order valence-electron chi connectivity index (χ0n) is 17.2. The molecular formula is C25H23N3O2. The molecule has 0 saturated heterocycles. The van der Waals surface area contributed by atoms with Crippen molar-refractivity contribution in [1.29, 1.82) is 0 Å². The zero-order valence-corrected chi connectivity index (χ0v) is 17.2. The summed E-state index contributed by atoms with van der Waals surface area (Å²) in [5.41, 5.74) is 7.58. The summed E-state index contributed by atoms with van der Waals surface area (Å²) >= 11 is 0. The molecule has 150 valence electrons. The first-order chi connectivity index (χ1) is 14.5. The molecule has 4 aromatic rings. The monoisotopic (exact) mass is 397 g/mol. The molecular weight excluding hydrogens is 374 g/mol. The van der Waals surface area contributed by atoms with Gasteiger partial charge >= 0.3 is 6.03 Å². The number of aromatic nitrogens is 1. The van der Waals surface area contributed by atoms with Crippen molar-refractivity contribution < 1.29 is 9.21 Å². The Labute approximate surface area is 175 Å². The maximum Gasteiger partial charge on any atom is 0.323 e. The lowest BCUT2D eigenvalue weighted by Crippen LogP contribution is -2.19. The van der Waals surface area contributed by atoms with Crippen molar-refractivity contribution in [1.82, 2.24) is 4.98 Å². The van der Waals surface area contributed by atoms with E-state index in [4.69, 9.17) is 4.42 Å². The van der Waals surface area contributed by atoms with Gasteiger partial charge in [-0.05, 0) is 74.4 Å². The molecule has 1 heterocycles. The number of urea groups is 1. The Morgan fingerprint density at radius 1 is 0.833 bits per heavy atom. The summed E-state index contributed by atoms with van der Waals surface area (Å²) < 4.78 is 5.70. The van der Waals surface area contributed by atoms with E-state index in [0.717, 1.165) is 33.6 Å². The number of nitrogens with one attached hydrogen (secondary N) is 2. The van der Waals surface area contributed by atoms with Gasteiger partial charge in [-0.1, -0.05) is 29.8 Å². The van der Waals surface area contributed by atoms with Crippen molar-refractivity contribution in [3.8, 4) is 22.7 Å². The first-order valence-electron chi connectivity index (χ1n) is 9.76. The number of anilines is 2. The average Bonchev–Trinajstić information content (AvgIpc) is 3.20. The largest absolute Gasteiger partial charge is 0.444 e. The molecule has 0 spiro atoms. The van der Waals surface area contributed by atoms with Gasteiger partial charge in [0.1, 0.15) is 12.0 Å². The van der Waals surface area contributed by atoms with Crippen molar-refractivity contribution in [3.63, 3.8) is 0 Å². The molecule has 0 atom stereocenters. The van der Waals surface area contributed by atoms with Gasteiger partial charge in [-0.15, -0.1) is 0 Å². The Balaban J connectivity index is 1.45. The molecule has 0 fully saturated rings. The van der Waals surface area contributed by atoms with Crippen LogP contribution in [0.5, 0.6) is 0 Å². The van der Waals surface area contributed by atoms with E-state index in [1.165, 1.54) is 5.56 Å². The number of rotatable bonds is 4. The number of hydrogen-bond acceptors (Lipinski definition) is 3. The van der Waals surface area contributed by atoms with Crippen molar-refractivity contribution in [3.05, 3.63) is 89.7 Å². The Kier molecular flexibility index (Phi) is 5.35. The highest BCUT2D eigenvalue weighted by Gasteiger charge is 2.11. The number of hydrogen-bond donors (Lipinski definition) is 2. The molecule has 4 rings (SSSR count). The zero-order chi connectivity index (χ0) is 21.1. The molecule has 2 amide bonds. The lowest BCUT2D eigenvalue weighted by Gasteiger charge is -2.08. The second-order valence-electron chi connectivity index (χ2n) is 7.38. The molecule has 0 unspecified atom stereocenters. The van der Waals surface area contributed by atoms with E-state index in [0.29, 0.717) is 11.6 Å². The number of oxazole rings is 1. The highest BCUT2D eigenvalue weighted by atomic mass is 16.3. The topological polar surface area (TPSA) is 67.2 Å². The molecule has 0 saturated carbocycles. The number of carbonyl (C=O) groups excluding carboxylic acids is 1. The molecule has 1 aromatic heterocycles. The fourth-order valence-electron chi connectivity index (χ4n) is 3.25. The summed E-state index contributed by atoms with van der Waals surface area (Å²) in [6.07, 6.45) is 1.68. The quantitative estimate of drug-likeness (QED) is 0.409. The van der Waals surface area contributed by atoms with Crippen LogP contribution in [0.4, 0.5) is 16.2 Å². The van der Waals surface area contributed by atoms with Crippen LogP contribution in [0.1, 0.15) is 16.7 Å². The van der Waals surface area contributed by atoms with Gasteiger partial charge < -0.3 is 15.1 Å². The van der Waals surface area contributed by atoms with Crippen LogP contribution in [0, 0.1) is 20.8 Å². The first kappa shape index (κ1) is 19.5. The summed E-state index contributed by atoms with van der Waals surface area (Å²) in [7, 11) is 0. The Bertz CT molecular complexity index is 1190. The van der Waals surface area contributed by atoms with Crippen molar-refractivity contribution in [2.75, 3.05) is 10.6 Å². The number of carbonyl (C=O) groups is 1. The molecule has 5 heteroatoms. The SMILES string of the molecule is Cc1cccc(NC(=O)Nc2ccc(-c3nc(-c4cc(C)ccc4C)co3)cc2)c1. The third-order valence-electron chi connectivity index (χ3n) is 4.84. The van der Waals surface area contributed by atoms with Crippen molar-refractivity contribution in [2.45, 2.75) is 20.8 Å². The van der Waals surface area contributed by atoms with Crippen molar-refractivity contribution in [2.24, 2.45) is 0 Å². The molecule has 0 aliphatic heterocycles. The minimum Gasteiger partial charge on any atom is -0.444 e. The third kappa shape index (κ3) is 4.41. The smallest absolute Gasteiger partial charge is 0.323 e. The van der Waals surface area contributed by atoms with E-state index in [-0.39, 0.29) is 6.03 Å². The molecule has 0 bridgehead atoms. The summed E-state index contributed by atoms with van der Waals surface area (Å²) in [5, 5.41) is 5.66. The van der Waals surface area contributed by atoms with E-state index in [1.54, 1.807) is 6.26 Å². The van der Waals surface area contributed by atoms with Gasteiger partial charge in [0.25, 0.3) is 0 Å². The number of nitrogens with zero attached hydrogens (tertiary/aromatic N) is 1. The van der Waals surface area contributed by atoms with Crippen LogP contribution >= 0.6 is 0 Å². The van der Waals surface area contributed by atoms with Crippen LogP contribution in [0.25, 0.3) is 22.7 Å². The second-order valence-corrected chi connectivity index (χ2v) is 7.38. The lowest BCUT2D eigenvalue weighted by molar-refractivity contribution is 0.262. The first-order valence-corrected chi connectivity index (χ1v) is 9.76. The molecule has 3 aromatic carbocycles. The van der Waals surface area contributed by atoms with Crippen LogP contribution in [0.3, 0.4) is 0 Å². The minimum atomic E-state index is -0.290. The van der Waals surface area contributed by atoms with E-state index in [1.807, 2.05) is 55.5 Å². The fraction of sp³-hybridized carbons (Fsp3) is 0.120. The molecule has 30 heavy (non-hydrogen) atoms. The van der Waals surface area contributed by atoms with Crippen LogP contribution in [0.2, 0.25) is 0 Å². The van der Waals surface area contributed by atoms with Gasteiger partial charge in [-0.25, -0.2) is 9.78 Å². The fourth-order valence-corrected chi connectivity index (χ4v) is 3.25. The summed E-state index contributed by atoms with van der Waals surface area (Å²) in [6, 6.07) is 21.0. The standard InChI is InChI=1S/C25H23N3O2/c1-16-5-4-6-21(13-16)27-25(29)26-20-11-9-19(10-12-20)24-28-23(15-30-24)22-14-17(2)7-8-18(22)3/h4-15H,1-3H3,(H2,26,27,29). The average molecular weight is 397 g/mol. The van der Waals surface area contributed by atoms with Crippen molar-refractivity contribution >= 4 is 17.4 Å². The van der Waals surface area contributed by atoms with Gasteiger partial charge in [0.05, 0.1) is 0 Å². The van der Waals surface area contributed by atoms with Gasteiger partial charge in [0.2, 0.25) is 5.89 Å². The van der Waals surface area contributed by atoms with Gasteiger partial charge in [0, 0.05) is 22.5 Å². The van der Waals surface area contributed by atoms with Crippen LogP contribution < -0.4 is 10.6 Å². The number of benzene rings is 3. The highest BCUT2D eigenvalue weighted by molar-refractivity contribution is 5.99. The Morgan fingerprint density at radius 3 is 2.33 bits per heavy atom. The van der Waals surface area contributed by atoms with Crippen LogP contribution in [-0.2, 0) is 0 Å². The maximum absolute atomic E-state index is 12.2. The summed E-state index contributed by atoms with van der Waals surface area (Å²) in [4.78, 5) is 16.9. The molecule has 2 N–H and O–H groups in total. The predicted octanol–water partition coefficient (Wildman–Crippen LogP) is 6.58. The summed E-state index contributed by atoms with van der Waals surface area (Å²) in [5.74, 6) is 0.543. The Morgan fingerprint density at radius 2 is 1.57 bits per heavy atom. The number of aryl methyl sites for hydroxylation is 3. The van der Waals surface area contributed by atoms with Crippen LogP contribution in [0.15, 0.2) is 77.4 Å². The maximum atomic E-state index is 12.2. The third-order valence-corrected chi connectivity index (χ3v) is 4.84. The molecule has 0 radical (unpaired) electrons. The van der Waals surface area contributed by atoms with Gasteiger partial charge in [-0.2, -0.15) is 0 Å². The molecule has 0 aliphatic rings. The summed E-state index contributed by atoms with van der Waals surface area (Å²) in [6.45, 7) is 6.10. The van der Waals surface area contributed by atoms with E-state index >= 15 is 0 Å². The lowest BCUT2D eigenvalue weighted by atomic mass is 10.0. The van der Waals surface area contributed by atoms with E-state index in [9.17, 15) is 4.79 Å². The Hall–Kier alpha value is -3.86. The number of amides is 2. The highest BCUT2D eigenvalue weighted by Crippen LogP contribution is 2.28. The predicted molar refractivity (Wildman–Crippen MR) is 121 cm³/mol. The second kappa shape index (κ2) is 8.25. The van der Waals surface area contributed by atoms with Gasteiger partial charge in [0.15, 0.2) is 0 Å². The van der Waals surface area contributed by atoms with Gasteiger partial charge in [-0.3, -0.25) is 0 Å². The minimum absolute atomic E-state index is 0.290. The molecule has 5 nitrogen and oxygen atoms in total. The normalized spacial score (nSPS) is 10.6. The molecule has 0 aliphatic carbocycles. The van der Waals surface area contributed by atoms with E-state index < -0.39 is 0 Å². The van der Waals surface area contributed by atoms with E-state index in [2.05, 4.69) is 47.7 Å².